The molecule has 9 heteroatoms. The molecule has 0 amide bonds. The highest BCUT2D eigenvalue weighted by atomic mass is 16.5. The first-order valence-electron chi connectivity index (χ1n) is 9.43. The molecule has 1 atom stereocenters. The van der Waals surface area contributed by atoms with Crippen molar-refractivity contribution in [3.63, 3.8) is 0 Å². The van der Waals surface area contributed by atoms with Crippen molar-refractivity contribution in [3.05, 3.63) is 45.1 Å². The van der Waals surface area contributed by atoms with Crippen molar-refractivity contribution in [2.45, 2.75) is 26.9 Å². The van der Waals surface area contributed by atoms with Crippen LogP contribution in [0.1, 0.15) is 13.8 Å². The molecule has 0 bridgehead atoms. The van der Waals surface area contributed by atoms with Gasteiger partial charge in [-0.1, -0.05) is 6.92 Å². The van der Waals surface area contributed by atoms with Crippen LogP contribution in [0, 0.1) is 5.92 Å². The molecule has 9 nitrogen and oxygen atoms in total. The quantitative estimate of drug-likeness (QED) is 0.659. The van der Waals surface area contributed by atoms with Gasteiger partial charge in [-0.25, -0.2) is 4.79 Å². The molecule has 1 aliphatic heterocycles. The number of nitrogens with zero attached hydrogens (tertiary/aromatic N) is 5. The predicted molar refractivity (Wildman–Crippen MR) is 109 cm³/mol. The Morgan fingerprint density at radius 2 is 1.90 bits per heavy atom. The summed E-state index contributed by atoms with van der Waals surface area (Å²) in [7, 11) is 3.19. The maximum absolute atomic E-state index is 13.1. The second-order valence-electron chi connectivity index (χ2n) is 7.54. The standard InChI is InChI=1S/C20H23N5O4/c1-12-9-23(14-5-7-15(29-4)8-6-14)19-21-17-16(24(19)10-12)18(27)25(11-13(2)26)20(28)22(17)3/h5-8,12H,9-11H2,1-4H3/t12-/m0/s1. The lowest BCUT2D eigenvalue weighted by Crippen LogP contribution is -2.41. The van der Waals surface area contributed by atoms with Gasteiger partial charge in [0, 0.05) is 25.8 Å². The van der Waals surface area contributed by atoms with Gasteiger partial charge < -0.3 is 14.2 Å². The van der Waals surface area contributed by atoms with Crippen LogP contribution < -0.4 is 20.9 Å². The predicted octanol–water partition coefficient (Wildman–Crippen LogP) is 1.28. The molecular weight excluding hydrogens is 374 g/mol. The van der Waals surface area contributed by atoms with Crippen LogP contribution in [0.15, 0.2) is 33.9 Å². The van der Waals surface area contributed by atoms with Crippen LogP contribution in [-0.2, 0) is 24.9 Å². The van der Waals surface area contributed by atoms with E-state index >= 15 is 0 Å². The van der Waals surface area contributed by atoms with Gasteiger partial charge in [-0.15, -0.1) is 0 Å². The third-order valence-corrected chi connectivity index (χ3v) is 5.21. The van der Waals surface area contributed by atoms with E-state index < -0.39 is 11.2 Å². The molecule has 0 radical (unpaired) electrons. The van der Waals surface area contributed by atoms with E-state index in [1.165, 1.54) is 11.5 Å². The molecule has 2 aromatic heterocycles. The molecule has 1 aliphatic rings. The Hall–Kier alpha value is -3.36. The fourth-order valence-corrected chi connectivity index (χ4v) is 3.85. The number of rotatable bonds is 4. The SMILES string of the molecule is COc1ccc(N2C[C@H](C)Cn3c2nc2c3c(=O)n(CC(C)=O)c(=O)n2C)cc1. The molecule has 4 rings (SSSR count). The number of carbonyl (C=O) groups is 1. The number of ketones is 1. The number of aromatic nitrogens is 4. The summed E-state index contributed by atoms with van der Waals surface area (Å²) in [5, 5.41) is 0. The van der Waals surface area contributed by atoms with Gasteiger partial charge in [-0.3, -0.25) is 18.7 Å². The minimum absolute atomic E-state index is 0.250. The number of aryl methyl sites for hydroxylation is 1. The summed E-state index contributed by atoms with van der Waals surface area (Å²) in [5.74, 6) is 1.35. The Bertz CT molecular complexity index is 1220. The van der Waals surface area contributed by atoms with E-state index in [1.807, 2.05) is 33.7 Å². The van der Waals surface area contributed by atoms with E-state index in [2.05, 4.69) is 11.9 Å². The average Bonchev–Trinajstić information content (AvgIpc) is 3.08. The molecular formula is C20H23N5O4. The lowest BCUT2D eigenvalue weighted by molar-refractivity contribution is -0.117. The number of hydrogen-bond acceptors (Lipinski definition) is 6. The number of methoxy groups -OCH3 is 1. The average molecular weight is 397 g/mol. The van der Waals surface area contributed by atoms with Gasteiger partial charge in [0.15, 0.2) is 11.2 Å². The zero-order chi connectivity index (χ0) is 20.9. The lowest BCUT2D eigenvalue weighted by Gasteiger charge is -2.33. The van der Waals surface area contributed by atoms with Gasteiger partial charge in [0.2, 0.25) is 5.95 Å². The van der Waals surface area contributed by atoms with E-state index in [4.69, 9.17) is 4.74 Å². The normalized spacial score (nSPS) is 16.1. The molecule has 0 spiro atoms. The number of anilines is 2. The molecule has 0 aliphatic carbocycles. The van der Waals surface area contributed by atoms with Crippen LogP contribution >= 0.6 is 0 Å². The first-order valence-corrected chi connectivity index (χ1v) is 9.43. The third kappa shape index (κ3) is 3.02. The second kappa shape index (κ2) is 6.91. The molecule has 3 aromatic rings. The molecule has 0 saturated heterocycles. The number of carbonyl (C=O) groups excluding carboxylic acids is 1. The van der Waals surface area contributed by atoms with Gasteiger partial charge in [0.05, 0.1) is 13.7 Å². The first kappa shape index (κ1) is 19.0. The van der Waals surface area contributed by atoms with Crippen molar-refractivity contribution in [1.29, 1.82) is 0 Å². The van der Waals surface area contributed by atoms with E-state index in [0.29, 0.717) is 23.7 Å². The van der Waals surface area contributed by atoms with Crippen LogP contribution in [0.5, 0.6) is 5.75 Å². The van der Waals surface area contributed by atoms with E-state index in [-0.39, 0.29) is 18.2 Å². The van der Waals surface area contributed by atoms with Gasteiger partial charge in [0.25, 0.3) is 5.56 Å². The first-order chi connectivity index (χ1) is 13.8. The number of imidazole rings is 1. The monoisotopic (exact) mass is 397 g/mol. The molecule has 152 valence electrons. The summed E-state index contributed by atoms with van der Waals surface area (Å²) in [6, 6.07) is 7.62. The molecule has 29 heavy (non-hydrogen) atoms. The minimum Gasteiger partial charge on any atom is -0.497 e. The maximum Gasteiger partial charge on any atom is 0.332 e. The topological polar surface area (TPSA) is 91.4 Å². The van der Waals surface area contributed by atoms with E-state index in [9.17, 15) is 14.4 Å². The Morgan fingerprint density at radius 1 is 1.21 bits per heavy atom. The summed E-state index contributed by atoms with van der Waals surface area (Å²) in [4.78, 5) is 44.0. The fraction of sp³-hybridized carbons (Fsp3) is 0.400. The largest absolute Gasteiger partial charge is 0.497 e. The van der Waals surface area contributed by atoms with Crippen molar-refractivity contribution in [2.75, 3.05) is 18.6 Å². The molecule has 1 aromatic carbocycles. The van der Waals surface area contributed by atoms with Crippen molar-refractivity contribution < 1.29 is 9.53 Å². The molecule has 0 N–H and O–H groups in total. The number of ether oxygens (including phenoxy) is 1. The Labute approximate surface area is 166 Å². The molecule has 3 heterocycles. The van der Waals surface area contributed by atoms with Crippen LogP contribution in [0.3, 0.4) is 0 Å². The van der Waals surface area contributed by atoms with Crippen molar-refractivity contribution in [1.82, 2.24) is 18.7 Å². The number of hydrogen-bond donors (Lipinski definition) is 0. The zero-order valence-electron chi connectivity index (χ0n) is 16.9. The van der Waals surface area contributed by atoms with Crippen molar-refractivity contribution in [2.24, 2.45) is 13.0 Å². The molecule has 0 fully saturated rings. The maximum atomic E-state index is 13.1. The fourth-order valence-electron chi connectivity index (χ4n) is 3.85. The Balaban J connectivity index is 1.96. The molecule has 0 unspecified atom stereocenters. The second-order valence-corrected chi connectivity index (χ2v) is 7.54. The van der Waals surface area contributed by atoms with Crippen LogP contribution in [0.4, 0.5) is 11.6 Å². The number of Topliss-reactive ketones (excluding diaryl/α,β-unsaturated/α-hetero) is 1. The summed E-state index contributed by atoms with van der Waals surface area (Å²) < 4.78 is 9.41. The van der Waals surface area contributed by atoms with Gasteiger partial charge in [0.1, 0.15) is 11.5 Å². The van der Waals surface area contributed by atoms with Gasteiger partial charge >= 0.3 is 5.69 Å². The summed E-state index contributed by atoms with van der Waals surface area (Å²) in [5.41, 5.74) is 0.553. The van der Waals surface area contributed by atoms with Crippen LogP contribution in [0.25, 0.3) is 11.2 Å². The highest BCUT2D eigenvalue weighted by Gasteiger charge is 2.30. The summed E-state index contributed by atoms with van der Waals surface area (Å²) in [6.07, 6.45) is 0. The number of fused-ring (bicyclic) bond motifs is 3. The van der Waals surface area contributed by atoms with Crippen LogP contribution in [0.2, 0.25) is 0 Å². The van der Waals surface area contributed by atoms with Gasteiger partial charge in [-0.05, 0) is 37.1 Å². The number of benzene rings is 1. The Morgan fingerprint density at radius 3 is 2.52 bits per heavy atom. The Kier molecular flexibility index (Phi) is 4.52. The zero-order valence-corrected chi connectivity index (χ0v) is 16.9. The summed E-state index contributed by atoms with van der Waals surface area (Å²) >= 11 is 0. The van der Waals surface area contributed by atoms with E-state index in [0.717, 1.165) is 22.5 Å². The third-order valence-electron chi connectivity index (χ3n) is 5.21. The highest BCUT2D eigenvalue weighted by molar-refractivity contribution is 5.78. The minimum atomic E-state index is -0.544. The van der Waals surface area contributed by atoms with Gasteiger partial charge in [-0.2, -0.15) is 4.98 Å². The van der Waals surface area contributed by atoms with Crippen molar-refractivity contribution >= 4 is 28.6 Å². The van der Waals surface area contributed by atoms with E-state index in [1.54, 1.807) is 14.2 Å². The lowest BCUT2D eigenvalue weighted by atomic mass is 10.1. The summed E-state index contributed by atoms with van der Waals surface area (Å²) in [6.45, 7) is 4.54. The smallest absolute Gasteiger partial charge is 0.332 e. The molecule has 0 saturated carbocycles. The highest BCUT2D eigenvalue weighted by Crippen LogP contribution is 2.33. The van der Waals surface area contributed by atoms with Crippen LogP contribution in [-0.4, -0.2) is 38.1 Å². The van der Waals surface area contributed by atoms with Crippen molar-refractivity contribution in [3.8, 4) is 5.75 Å².